The Balaban J connectivity index is 1.47. The average Bonchev–Trinajstić information content (AvgIpc) is 3.01. The number of rotatable bonds is 17. The van der Waals surface area contributed by atoms with Crippen LogP contribution < -0.4 is 0 Å². The minimum absolute atomic E-state index is 0.273. The predicted octanol–water partition coefficient (Wildman–Crippen LogP) is 7.37. The van der Waals surface area contributed by atoms with E-state index in [-0.39, 0.29) is 12.2 Å². The van der Waals surface area contributed by atoms with Gasteiger partial charge in [-0.15, -0.1) is 0 Å². The number of unbranched alkanes of at least 4 members (excludes halogenated alkanes) is 3. The lowest BCUT2D eigenvalue weighted by Gasteiger charge is -2.45. The molecule has 5 atom stereocenters. The highest BCUT2D eigenvalue weighted by Crippen LogP contribution is 2.31. The van der Waals surface area contributed by atoms with Crippen molar-refractivity contribution in [2.75, 3.05) is 13.2 Å². The van der Waals surface area contributed by atoms with E-state index in [0.717, 1.165) is 42.4 Å². The van der Waals surface area contributed by atoms with Crippen molar-refractivity contribution in [3.8, 4) is 0 Å². The Morgan fingerprint density at radius 2 is 1.12 bits per heavy atom. The molecule has 8 heteroatoms. The predicted molar refractivity (Wildman–Crippen MR) is 158 cm³/mol. The van der Waals surface area contributed by atoms with Gasteiger partial charge in [0, 0.05) is 18.1 Å². The second-order valence-electron chi connectivity index (χ2n) is 10.2. The molecule has 1 aliphatic heterocycles. The molecule has 0 amide bonds. The monoisotopic (exact) mass is 559 g/mol. The van der Waals surface area contributed by atoms with Crippen molar-refractivity contribution in [1.82, 2.24) is 0 Å². The minimum Gasteiger partial charge on any atom is -0.368 e. The van der Waals surface area contributed by atoms with E-state index in [9.17, 15) is 0 Å². The zero-order valence-corrected chi connectivity index (χ0v) is 23.8. The highest BCUT2D eigenvalue weighted by Gasteiger charge is 2.47. The highest BCUT2D eigenvalue weighted by molar-refractivity contribution is 5.15. The lowest BCUT2D eigenvalue weighted by molar-refractivity contribution is -0.320. The van der Waals surface area contributed by atoms with E-state index < -0.39 is 18.5 Å². The van der Waals surface area contributed by atoms with E-state index in [4.69, 9.17) is 29.2 Å². The Labute approximate surface area is 243 Å². The maximum absolute atomic E-state index is 8.44. The van der Waals surface area contributed by atoms with Gasteiger partial charge < -0.3 is 23.7 Å². The molecule has 218 valence electrons. The topological polar surface area (TPSA) is 94.9 Å². The molecular formula is C33H41N3O5. The summed E-state index contributed by atoms with van der Waals surface area (Å²) < 4.78 is 32.4. The van der Waals surface area contributed by atoms with Crippen molar-refractivity contribution >= 4 is 0 Å². The molecule has 0 unspecified atom stereocenters. The van der Waals surface area contributed by atoms with Gasteiger partial charge in [0.1, 0.15) is 18.3 Å². The van der Waals surface area contributed by atoms with E-state index in [0.29, 0.717) is 33.0 Å². The first-order valence-electron chi connectivity index (χ1n) is 14.5. The van der Waals surface area contributed by atoms with Gasteiger partial charge in [-0.3, -0.25) is 0 Å². The molecule has 0 aromatic heterocycles. The molecule has 1 saturated heterocycles. The second-order valence-corrected chi connectivity index (χ2v) is 10.2. The van der Waals surface area contributed by atoms with Gasteiger partial charge in [-0.2, -0.15) is 0 Å². The average molecular weight is 560 g/mol. The minimum atomic E-state index is -0.603. The molecule has 0 aliphatic carbocycles. The van der Waals surface area contributed by atoms with Crippen LogP contribution >= 0.6 is 0 Å². The summed E-state index contributed by atoms with van der Waals surface area (Å²) in [6.45, 7) is 4.34. The second kappa shape index (κ2) is 17.6. The maximum atomic E-state index is 8.44. The van der Waals surface area contributed by atoms with E-state index in [1.54, 1.807) is 0 Å². The Morgan fingerprint density at radius 3 is 1.66 bits per heavy atom. The Hall–Kier alpha value is -3.23. The lowest BCUT2D eigenvalue weighted by Crippen LogP contribution is -2.60. The third-order valence-electron chi connectivity index (χ3n) is 7.08. The van der Waals surface area contributed by atoms with Gasteiger partial charge in [-0.05, 0) is 42.0 Å². The third-order valence-corrected chi connectivity index (χ3v) is 7.08. The van der Waals surface area contributed by atoms with Crippen molar-refractivity contribution in [3.05, 3.63) is 118 Å². The summed E-state index contributed by atoms with van der Waals surface area (Å²) in [6.07, 6.45) is 1.56. The third kappa shape index (κ3) is 10.3. The summed E-state index contributed by atoms with van der Waals surface area (Å²) in [5, 5.41) is 3.60. The van der Waals surface area contributed by atoms with Crippen LogP contribution in [0, 0.1) is 0 Å². The molecule has 0 bridgehead atoms. The fourth-order valence-electron chi connectivity index (χ4n) is 4.89. The van der Waals surface area contributed by atoms with E-state index in [2.05, 4.69) is 34.3 Å². The van der Waals surface area contributed by atoms with Crippen LogP contribution in [-0.4, -0.2) is 43.9 Å². The van der Waals surface area contributed by atoms with Crippen molar-refractivity contribution < 1.29 is 23.7 Å². The van der Waals surface area contributed by atoms with Crippen LogP contribution in [0.1, 0.15) is 49.3 Å². The fourth-order valence-corrected chi connectivity index (χ4v) is 4.89. The smallest absolute Gasteiger partial charge is 0.186 e. The largest absolute Gasteiger partial charge is 0.368 e. The quantitative estimate of drug-likeness (QED) is 0.0744. The number of hydrogen-bond donors (Lipinski definition) is 0. The number of azide groups is 1. The summed E-state index contributed by atoms with van der Waals surface area (Å²) >= 11 is 0. The first-order chi connectivity index (χ1) is 20.2. The summed E-state index contributed by atoms with van der Waals surface area (Å²) in [6, 6.07) is 30.3. The Morgan fingerprint density at radius 1 is 0.634 bits per heavy atom. The van der Waals surface area contributed by atoms with Gasteiger partial charge in [0.2, 0.25) is 0 Å². The molecule has 41 heavy (non-hydrogen) atoms. The van der Waals surface area contributed by atoms with Gasteiger partial charge >= 0.3 is 0 Å². The highest BCUT2D eigenvalue weighted by atomic mass is 16.7. The number of benzene rings is 3. The van der Waals surface area contributed by atoms with Crippen LogP contribution in [-0.2, 0) is 43.5 Å². The Bertz CT molecular complexity index is 1160. The summed E-state index contributed by atoms with van der Waals surface area (Å²) in [4.78, 5) is 2.81. The van der Waals surface area contributed by atoms with Gasteiger partial charge in [0.15, 0.2) is 6.29 Å². The first kappa shape index (κ1) is 30.7. The van der Waals surface area contributed by atoms with E-state index in [1.807, 2.05) is 73.7 Å². The molecule has 1 fully saturated rings. The van der Waals surface area contributed by atoms with Crippen molar-refractivity contribution in [3.63, 3.8) is 0 Å². The fraction of sp³-hybridized carbons (Fsp3) is 0.455. The first-order valence-corrected chi connectivity index (χ1v) is 14.5. The molecule has 1 heterocycles. The number of ether oxygens (including phenoxy) is 5. The van der Waals surface area contributed by atoms with Gasteiger partial charge in [-0.25, -0.2) is 0 Å². The normalized spacial score (nSPS) is 22.2. The zero-order chi connectivity index (χ0) is 28.5. The van der Waals surface area contributed by atoms with Gasteiger partial charge in [-0.1, -0.05) is 109 Å². The van der Waals surface area contributed by atoms with Crippen LogP contribution in [0.5, 0.6) is 0 Å². The van der Waals surface area contributed by atoms with E-state index in [1.165, 1.54) is 0 Å². The van der Waals surface area contributed by atoms with Crippen molar-refractivity contribution in [2.45, 2.75) is 83.1 Å². The summed E-state index contributed by atoms with van der Waals surface area (Å²) in [5.41, 5.74) is 11.7. The van der Waals surface area contributed by atoms with Crippen LogP contribution in [0.25, 0.3) is 10.4 Å². The molecule has 8 nitrogen and oxygen atoms in total. The van der Waals surface area contributed by atoms with Crippen LogP contribution in [0.3, 0.4) is 0 Å². The van der Waals surface area contributed by atoms with Crippen LogP contribution in [0.4, 0.5) is 0 Å². The number of hydrogen-bond acceptors (Lipinski definition) is 6. The molecular weight excluding hydrogens is 518 g/mol. The molecule has 1 aliphatic rings. The van der Waals surface area contributed by atoms with E-state index >= 15 is 0 Å². The lowest BCUT2D eigenvalue weighted by atomic mass is 9.98. The molecule has 0 saturated carbocycles. The van der Waals surface area contributed by atoms with Crippen molar-refractivity contribution in [1.29, 1.82) is 0 Å². The SMILES string of the molecule is C[C@@H]1O[C@@H](OCCCCCCN=[N+]=[N-])[C@@H](OCc2ccccc2)[C@H](OCc2ccccc2)[C@@H]1OCc1ccccc1. The molecule has 3 aromatic carbocycles. The summed E-state index contributed by atoms with van der Waals surface area (Å²) in [7, 11) is 0. The molecule has 3 aromatic rings. The van der Waals surface area contributed by atoms with Gasteiger partial charge in [0.25, 0.3) is 0 Å². The number of nitrogens with zero attached hydrogens (tertiary/aromatic N) is 3. The van der Waals surface area contributed by atoms with Crippen LogP contribution in [0.15, 0.2) is 96.1 Å². The maximum Gasteiger partial charge on any atom is 0.186 e. The molecule has 4 rings (SSSR count). The standard InChI is InChI=1S/C33H41N3O5/c1-26-30(38-23-27-15-7-4-8-16-27)31(39-24-28-17-9-5-10-18-28)32(40-25-29-19-11-6-12-20-29)33(41-26)37-22-14-3-2-13-21-35-36-34/h4-12,15-20,26,30-33H,2-3,13-14,21-25H2,1H3/t26-,30+,31+,32-,33+/m0/s1. The molecule has 0 spiro atoms. The molecule has 0 radical (unpaired) electrons. The van der Waals surface area contributed by atoms with Crippen LogP contribution in [0.2, 0.25) is 0 Å². The summed E-state index contributed by atoms with van der Waals surface area (Å²) in [5.74, 6) is 0. The Kier molecular flexibility index (Phi) is 13.2. The van der Waals surface area contributed by atoms with Gasteiger partial charge in [0.05, 0.1) is 25.9 Å². The zero-order valence-electron chi connectivity index (χ0n) is 23.8. The molecule has 0 N–H and O–H groups in total. The van der Waals surface area contributed by atoms with Crippen molar-refractivity contribution in [2.24, 2.45) is 5.11 Å².